The van der Waals surface area contributed by atoms with Crippen LogP contribution in [0.2, 0.25) is 0 Å². The molecular weight excluding hydrogens is 492 g/mol. The van der Waals surface area contributed by atoms with Crippen LogP contribution in [0.3, 0.4) is 0 Å². The van der Waals surface area contributed by atoms with Crippen LogP contribution in [0.1, 0.15) is 56.2 Å². The lowest BCUT2D eigenvalue weighted by atomic mass is 9.85. The highest BCUT2D eigenvalue weighted by atomic mass is 14.2. The zero-order valence-corrected chi connectivity index (χ0v) is 24.3. The molecule has 1 atom stereocenters. The van der Waals surface area contributed by atoms with Crippen molar-refractivity contribution in [2.45, 2.75) is 39.5 Å². The molecule has 0 spiro atoms. The first-order valence-electron chi connectivity index (χ1n) is 14.8. The molecule has 0 saturated carbocycles. The van der Waals surface area contributed by atoms with Crippen molar-refractivity contribution in [3.05, 3.63) is 168 Å². The third-order valence-corrected chi connectivity index (χ3v) is 8.14. The summed E-state index contributed by atoms with van der Waals surface area (Å²) in [5.41, 5.74) is 12.8. The highest BCUT2D eigenvalue weighted by Gasteiger charge is 2.17. The van der Waals surface area contributed by atoms with E-state index >= 15 is 0 Å². The summed E-state index contributed by atoms with van der Waals surface area (Å²) in [5, 5.41) is 0. The topological polar surface area (TPSA) is 0 Å². The molecule has 0 heteroatoms. The lowest BCUT2D eigenvalue weighted by molar-refractivity contribution is 0.629. The Balaban J connectivity index is 1.54. The maximum absolute atomic E-state index is 2.42. The molecule has 0 fully saturated rings. The lowest BCUT2D eigenvalue weighted by Crippen LogP contribution is -2.02. The molecule has 0 amide bonds. The molecule has 0 heterocycles. The Hall–Kier alpha value is -4.42. The molecule has 0 aliphatic heterocycles. The van der Waals surface area contributed by atoms with E-state index < -0.39 is 0 Å². The van der Waals surface area contributed by atoms with E-state index in [1.54, 1.807) is 0 Å². The van der Waals surface area contributed by atoms with Crippen molar-refractivity contribution in [2.24, 2.45) is 5.41 Å². The maximum atomic E-state index is 2.42. The van der Waals surface area contributed by atoms with Gasteiger partial charge in [0.15, 0.2) is 0 Å². The van der Waals surface area contributed by atoms with Crippen molar-refractivity contribution in [3.63, 3.8) is 0 Å². The predicted octanol–water partition coefficient (Wildman–Crippen LogP) is 11.4. The Kier molecular flexibility index (Phi) is 7.57. The minimum Gasteiger partial charge on any atom is -0.0836 e. The van der Waals surface area contributed by atoms with Crippen LogP contribution in [0.25, 0.3) is 33.4 Å². The van der Waals surface area contributed by atoms with Gasteiger partial charge in [0.2, 0.25) is 0 Å². The van der Waals surface area contributed by atoms with Gasteiger partial charge in [-0.05, 0) is 94.1 Å². The predicted molar refractivity (Wildman–Crippen MR) is 178 cm³/mol. The Labute approximate surface area is 245 Å². The summed E-state index contributed by atoms with van der Waals surface area (Å²) in [7, 11) is 0. The molecule has 3 aromatic carbocycles. The molecule has 3 aliphatic carbocycles. The summed E-state index contributed by atoms with van der Waals surface area (Å²) in [5.74, 6) is 0.380. The Morgan fingerprint density at radius 1 is 0.659 bits per heavy atom. The zero-order valence-electron chi connectivity index (χ0n) is 24.3. The molecule has 0 N–H and O–H groups in total. The van der Waals surface area contributed by atoms with Crippen LogP contribution in [0, 0.1) is 5.41 Å². The van der Waals surface area contributed by atoms with E-state index in [9.17, 15) is 0 Å². The third-order valence-electron chi connectivity index (χ3n) is 8.14. The van der Waals surface area contributed by atoms with Gasteiger partial charge in [-0.25, -0.2) is 0 Å². The fraction of sp³-hybridized carbons (Fsp3) is 0.171. The monoisotopic (exact) mass is 530 g/mol. The van der Waals surface area contributed by atoms with Gasteiger partial charge < -0.3 is 0 Å². The van der Waals surface area contributed by atoms with Gasteiger partial charge in [-0.1, -0.05) is 141 Å². The summed E-state index contributed by atoms with van der Waals surface area (Å²) in [4.78, 5) is 0. The average Bonchev–Trinajstić information content (AvgIpc) is 3.34. The second kappa shape index (κ2) is 11.6. The standard InChI is InChI=1S/C41H38/c1-30-13-12-19-33(21-20-30)37-23-35(31-14-6-4-7-15-31)25-39(27-37)40-26-36(32-16-8-5-9-17-32)24-38(28-40)34-18-10-11-22-41(2,3)29-34/h4-14,16-19,21-29,31H,15,20H2,1-3H3. The van der Waals surface area contributed by atoms with E-state index in [0.29, 0.717) is 5.92 Å². The van der Waals surface area contributed by atoms with Crippen LogP contribution >= 0.6 is 0 Å². The molecule has 0 aromatic heterocycles. The van der Waals surface area contributed by atoms with Gasteiger partial charge in [0, 0.05) is 11.3 Å². The highest BCUT2D eigenvalue weighted by Crippen LogP contribution is 2.38. The minimum atomic E-state index is -0.0138. The van der Waals surface area contributed by atoms with Gasteiger partial charge in [-0.15, -0.1) is 0 Å². The molecule has 0 nitrogen and oxygen atoms in total. The highest BCUT2D eigenvalue weighted by molar-refractivity contribution is 5.86. The van der Waals surface area contributed by atoms with Crippen LogP contribution in [0.4, 0.5) is 0 Å². The number of hydrogen-bond acceptors (Lipinski definition) is 0. The number of hydrogen-bond donors (Lipinski definition) is 0. The van der Waals surface area contributed by atoms with Gasteiger partial charge in [0.25, 0.3) is 0 Å². The molecule has 1 unspecified atom stereocenters. The normalized spacial score (nSPS) is 19.3. The van der Waals surface area contributed by atoms with Crippen molar-refractivity contribution in [1.82, 2.24) is 0 Å². The molecule has 6 rings (SSSR count). The largest absolute Gasteiger partial charge is 0.0836 e. The average molecular weight is 531 g/mol. The Morgan fingerprint density at radius 2 is 1.34 bits per heavy atom. The minimum absolute atomic E-state index is 0.0138. The molecular formula is C41H38. The van der Waals surface area contributed by atoms with Crippen molar-refractivity contribution >= 4 is 11.1 Å². The summed E-state index contributed by atoms with van der Waals surface area (Å²) < 4.78 is 0. The van der Waals surface area contributed by atoms with E-state index in [1.807, 2.05) is 0 Å². The number of allylic oxidation sites excluding steroid dienone is 16. The number of benzene rings is 3. The van der Waals surface area contributed by atoms with Gasteiger partial charge >= 0.3 is 0 Å². The van der Waals surface area contributed by atoms with Crippen molar-refractivity contribution in [1.29, 1.82) is 0 Å². The lowest BCUT2D eigenvalue weighted by Gasteiger charge is -2.19. The Bertz CT molecular complexity index is 1690. The molecule has 3 aromatic rings. The van der Waals surface area contributed by atoms with E-state index in [4.69, 9.17) is 0 Å². The molecule has 41 heavy (non-hydrogen) atoms. The fourth-order valence-electron chi connectivity index (χ4n) is 5.86. The van der Waals surface area contributed by atoms with Gasteiger partial charge in [0.05, 0.1) is 0 Å². The van der Waals surface area contributed by atoms with Gasteiger partial charge in [0.1, 0.15) is 0 Å². The van der Waals surface area contributed by atoms with Gasteiger partial charge in [-0.3, -0.25) is 0 Å². The molecule has 202 valence electrons. The smallest absolute Gasteiger partial charge is 0.00561 e. The fourth-order valence-corrected chi connectivity index (χ4v) is 5.86. The summed E-state index contributed by atoms with van der Waals surface area (Å²) >= 11 is 0. The van der Waals surface area contributed by atoms with E-state index in [0.717, 1.165) is 12.8 Å². The second-order valence-corrected chi connectivity index (χ2v) is 12.0. The number of rotatable bonds is 5. The summed E-state index contributed by atoms with van der Waals surface area (Å²) in [6.07, 6.45) is 31.3. The first-order chi connectivity index (χ1) is 19.9. The quantitative estimate of drug-likeness (QED) is 0.308. The third kappa shape index (κ3) is 6.34. The maximum Gasteiger partial charge on any atom is 0.00561 e. The SMILES string of the molecule is CC1=CC=CC(c2cc(-c3cc(C4=CC(C)(C)C=CC=C4)cc(-c4ccccc4)c3)cc(C3C=CC=CC3)c2)=CC1. The van der Waals surface area contributed by atoms with Crippen LogP contribution in [0.15, 0.2) is 151 Å². The molecule has 0 saturated heterocycles. The first kappa shape index (κ1) is 26.8. The van der Waals surface area contributed by atoms with Gasteiger partial charge in [-0.2, -0.15) is 0 Å². The second-order valence-electron chi connectivity index (χ2n) is 12.0. The van der Waals surface area contributed by atoms with E-state index in [1.165, 1.54) is 55.7 Å². The van der Waals surface area contributed by atoms with Crippen LogP contribution in [-0.2, 0) is 0 Å². The van der Waals surface area contributed by atoms with Crippen molar-refractivity contribution in [3.8, 4) is 22.3 Å². The van der Waals surface area contributed by atoms with E-state index in [2.05, 4.69) is 166 Å². The molecule has 3 aliphatic rings. The summed E-state index contributed by atoms with van der Waals surface area (Å²) in [6, 6.07) is 25.1. The van der Waals surface area contributed by atoms with Crippen LogP contribution in [0.5, 0.6) is 0 Å². The van der Waals surface area contributed by atoms with E-state index in [-0.39, 0.29) is 5.41 Å². The van der Waals surface area contributed by atoms with Crippen molar-refractivity contribution < 1.29 is 0 Å². The Morgan fingerprint density at radius 3 is 2.12 bits per heavy atom. The van der Waals surface area contributed by atoms with Crippen LogP contribution < -0.4 is 0 Å². The summed E-state index contributed by atoms with van der Waals surface area (Å²) in [6.45, 7) is 6.74. The first-order valence-corrected chi connectivity index (χ1v) is 14.8. The van der Waals surface area contributed by atoms with Crippen molar-refractivity contribution in [2.75, 3.05) is 0 Å². The zero-order chi connectivity index (χ0) is 28.2. The molecule has 0 bridgehead atoms. The van der Waals surface area contributed by atoms with Crippen LogP contribution in [-0.4, -0.2) is 0 Å². The molecule has 0 radical (unpaired) electrons.